The van der Waals surface area contributed by atoms with E-state index in [2.05, 4.69) is 6.92 Å². The number of rotatable bonds is 11. The van der Waals surface area contributed by atoms with Crippen LogP contribution in [0.5, 0.6) is 0 Å². The van der Waals surface area contributed by atoms with Crippen molar-refractivity contribution in [2.24, 2.45) is 0 Å². The molecule has 1 atom stereocenters. The maximum Gasteiger partial charge on any atom is 0.306 e. The minimum atomic E-state index is -0.185. The lowest BCUT2D eigenvalue weighted by atomic mass is 9.96. The fourth-order valence-electron chi connectivity index (χ4n) is 2.37. The number of ether oxygens (including phenoxy) is 3. The Kier molecular flexibility index (Phi) is 9.92. The van der Waals surface area contributed by atoms with Gasteiger partial charge in [0.2, 0.25) is 0 Å². The molecule has 0 saturated heterocycles. The maximum absolute atomic E-state index is 11.6. The molecule has 0 bridgehead atoms. The largest absolute Gasteiger partial charge is 0.466 e. The van der Waals surface area contributed by atoms with Crippen molar-refractivity contribution in [3.63, 3.8) is 0 Å². The molecule has 0 radical (unpaired) electrons. The Morgan fingerprint density at radius 2 is 2.00 bits per heavy atom. The second-order valence-electron chi connectivity index (χ2n) is 5.20. The molecule has 0 aliphatic rings. The molecule has 130 valence electrons. The number of carbonyl (C=O) groups is 1. The normalized spacial score (nSPS) is 12.2. The molecule has 0 unspecified atom stereocenters. The zero-order valence-electron chi connectivity index (χ0n) is 14.3. The quantitative estimate of drug-likeness (QED) is 0.332. The number of halogens is 1. The van der Waals surface area contributed by atoms with Crippen molar-refractivity contribution in [2.75, 3.05) is 20.0 Å². The smallest absolute Gasteiger partial charge is 0.306 e. The molecule has 0 amide bonds. The van der Waals surface area contributed by atoms with Crippen molar-refractivity contribution >= 4 is 17.6 Å². The Balaban J connectivity index is 2.86. The molecule has 5 heteroatoms. The third-order valence-corrected chi connectivity index (χ3v) is 3.70. The lowest BCUT2D eigenvalue weighted by Crippen LogP contribution is -2.12. The van der Waals surface area contributed by atoms with Crippen LogP contribution in [0.15, 0.2) is 18.2 Å². The first-order chi connectivity index (χ1) is 11.1. The predicted molar refractivity (Wildman–Crippen MR) is 91.6 cm³/mol. The Hall–Kier alpha value is -1.10. The number of benzene rings is 1. The minimum Gasteiger partial charge on any atom is -0.466 e. The van der Waals surface area contributed by atoms with Gasteiger partial charge in [0.15, 0.2) is 0 Å². The molecule has 0 saturated carbocycles. The first kappa shape index (κ1) is 19.9. The van der Waals surface area contributed by atoms with Crippen molar-refractivity contribution < 1.29 is 19.0 Å². The predicted octanol–water partition coefficient (Wildman–Crippen LogP) is 4.69. The van der Waals surface area contributed by atoms with Crippen LogP contribution < -0.4 is 0 Å². The second-order valence-corrected chi connectivity index (χ2v) is 5.64. The van der Waals surface area contributed by atoms with Gasteiger partial charge in [0.1, 0.15) is 6.79 Å². The van der Waals surface area contributed by atoms with E-state index in [1.807, 2.05) is 32.0 Å². The van der Waals surface area contributed by atoms with Crippen LogP contribution in [-0.4, -0.2) is 26.0 Å². The summed E-state index contributed by atoms with van der Waals surface area (Å²) in [5.74, 6) is -0.185. The molecule has 0 N–H and O–H groups in total. The standard InChI is InChI=1S/C18H27ClO4/c1-4-7-17(23-13-21-5-2)16-12-15(19)10-8-14(16)9-11-18(20)22-6-3/h8,10,12,17H,4-7,9,11,13H2,1-3H3/t17-/m1/s1. The van der Waals surface area contributed by atoms with Gasteiger partial charge in [-0.3, -0.25) is 4.79 Å². The van der Waals surface area contributed by atoms with Crippen LogP contribution in [0.2, 0.25) is 5.02 Å². The Morgan fingerprint density at radius 1 is 1.22 bits per heavy atom. The third-order valence-electron chi connectivity index (χ3n) is 3.47. The van der Waals surface area contributed by atoms with Gasteiger partial charge in [-0.15, -0.1) is 0 Å². The van der Waals surface area contributed by atoms with Gasteiger partial charge in [-0.25, -0.2) is 0 Å². The van der Waals surface area contributed by atoms with E-state index in [1.54, 1.807) is 0 Å². The monoisotopic (exact) mass is 342 g/mol. The van der Waals surface area contributed by atoms with Gasteiger partial charge < -0.3 is 14.2 Å². The van der Waals surface area contributed by atoms with E-state index in [4.69, 9.17) is 25.8 Å². The molecular formula is C18H27ClO4. The first-order valence-corrected chi connectivity index (χ1v) is 8.63. The summed E-state index contributed by atoms with van der Waals surface area (Å²) < 4.78 is 16.2. The fourth-order valence-corrected chi connectivity index (χ4v) is 2.55. The van der Waals surface area contributed by atoms with Crippen LogP contribution in [0.1, 0.15) is 57.3 Å². The number of aryl methyl sites for hydroxylation is 1. The SMILES string of the molecule is CCC[C@@H](OCOCC)c1cc(Cl)ccc1CCC(=O)OCC. The summed E-state index contributed by atoms with van der Waals surface area (Å²) in [5, 5.41) is 0.668. The lowest BCUT2D eigenvalue weighted by molar-refractivity contribution is -0.143. The minimum absolute atomic E-state index is 0.0811. The summed E-state index contributed by atoms with van der Waals surface area (Å²) in [6.07, 6.45) is 2.75. The maximum atomic E-state index is 11.6. The Morgan fingerprint density at radius 3 is 2.65 bits per heavy atom. The molecule has 23 heavy (non-hydrogen) atoms. The summed E-state index contributed by atoms with van der Waals surface area (Å²) in [6.45, 7) is 7.13. The van der Waals surface area contributed by atoms with Crippen molar-refractivity contribution in [3.05, 3.63) is 34.3 Å². The molecule has 0 aliphatic heterocycles. The van der Waals surface area contributed by atoms with Crippen molar-refractivity contribution in [1.82, 2.24) is 0 Å². The molecular weight excluding hydrogens is 316 g/mol. The third kappa shape index (κ3) is 7.34. The zero-order chi connectivity index (χ0) is 17.1. The van der Waals surface area contributed by atoms with Gasteiger partial charge in [-0.05, 0) is 49.9 Å². The van der Waals surface area contributed by atoms with Gasteiger partial charge in [0.25, 0.3) is 0 Å². The van der Waals surface area contributed by atoms with E-state index in [-0.39, 0.29) is 18.9 Å². The molecule has 0 spiro atoms. The van der Waals surface area contributed by atoms with Crippen LogP contribution in [0.3, 0.4) is 0 Å². The molecule has 1 aromatic rings. The van der Waals surface area contributed by atoms with Crippen LogP contribution in [0, 0.1) is 0 Å². The van der Waals surface area contributed by atoms with Gasteiger partial charge in [0.05, 0.1) is 12.7 Å². The van der Waals surface area contributed by atoms with E-state index in [0.717, 1.165) is 24.0 Å². The van der Waals surface area contributed by atoms with Gasteiger partial charge in [0, 0.05) is 18.1 Å². The van der Waals surface area contributed by atoms with Crippen LogP contribution in [0.4, 0.5) is 0 Å². The highest BCUT2D eigenvalue weighted by molar-refractivity contribution is 6.30. The Labute approximate surface area is 144 Å². The van der Waals surface area contributed by atoms with Crippen molar-refractivity contribution in [3.8, 4) is 0 Å². The molecule has 0 aliphatic carbocycles. The van der Waals surface area contributed by atoms with Crippen LogP contribution in [0.25, 0.3) is 0 Å². The summed E-state index contributed by atoms with van der Waals surface area (Å²) in [7, 11) is 0. The molecule has 0 fully saturated rings. The van der Waals surface area contributed by atoms with Gasteiger partial charge in [-0.2, -0.15) is 0 Å². The van der Waals surface area contributed by atoms with Crippen molar-refractivity contribution in [2.45, 2.75) is 52.6 Å². The van der Waals surface area contributed by atoms with E-state index < -0.39 is 0 Å². The number of esters is 1. The summed E-state index contributed by atoms with van der Waals surface area (Å²) in [6, 6.07) is 5.73. The van der Waals surface area contributed by atoms with Gasteiger partial charge in [-0.1, -0.05) is 31.0 Å². The Bertz CT molecular complexity index is 476. The van der Waals surface area contributed by atoms with Crippen LogP contribution >= 0.6 is 11.6 Å². The average Bonchev–Trinajstić information content (AvgIpc) is 2.53. The molecule has 4 nitrogen and oxygen atoms in total. The topological polar surface area (TPSA) is 44.8 Å². The van der Waals surface area contributed by atoms with E-state index >= 15 is 0 Å². The summed E-state index contributed by atoms with van der Waals surface area (Å²) in [4.78, 5) is 11.6. The van der Waals surface area contributed by atoms with Crippen molar-refractivity contribution in [1.29, 1.82) is 0 Å². The number of hydrogen-bond acceptors (Lipinski definition) is 4. The van der Waals surface area contributed by atoms with E-state index in [0.29, 0.717) is 31.1 Å². The van der Waals surface area contributed by atoms with E-state index in [1.165, 1.54) is 0 Å². The van der Waals surface area contributed by atoms with Crippen LogP contribution in [-0.2, 0) is 25.4 Å². The summed E-state index contributed by atoms with van der Waals surface area (Å²) in [5.41, 5.74) is 2.10. The summed E-state index contributed by atoms with van der Waals surface area (Å²) >= 11 is 6.16. The fraction of sp³-hybridized carbons (Fsp3) is 0.611. The highest BCUT2D eigenvalue weighted by Crippen LogP contribution is 2.29. The second kappa shape index (κ2) is 11.4. The number of hydrogen-bond donors (Lipinski definition) is 0. The number of carbonyl (C=O) groups excluding carboxylic acids is 1. The van der Waals surface area contributed by atoms with E-state index in [9.17, 15) is 4.79 Å². The molecule has 1 rings (SSSR count). The highest BCUT2D eigenvalue weighted by Gasteiger charge is 2.17. The molecule has 0 heterocycles. The average molecular weight is 343 g/mol. The first-order valence-electron chi connectivity index (χ1n) is 8.25. The zero-order valence-corrected chi connectivity index (χ0v) is 15.0. The lowest BCUT2D eigenvalue weighted by Gasteiger charge is -2.21. The van der Waals surface area contributed by atoms with Gasteiger partial charge >= 0.3 is 5.97 Å². The molecule has 0 aromatic heterocycles. The highest BCUT2D eigenvalue weighted by atomic mass is 35.5. The molecule has 1 aromatic carbocycles.